The second kappa shape index (κ2) is 5.04. The van der Waals surface area contributed by atoms with Crippen LogP contribution in [0.3, 0.4) is 0 Å². The first kappa shape index (κ1) is 12.8. The van der Waals surface area contributed by atoms with Crippen LogP contribution in [0.4, 0.5) is 5.82 Å². The van der Waals surface area contributed by atoms with Crippen molar-refractivity contribution in [3.05, 3.63) is 53.9 Å². The molecule has 0 unspecified atom stereocenters. The van der Waals surface area contributed by atoms with E-state index >= 15 is 0 Å². The van der Waals surface area contributed by atoms with Crippen molar-refractivity contribution in [2.24, 2.45) is 0 Å². The van der Waals surface area contributed by atoms with Crippen LogP contribution in [-0.4, -0.2) is 32.2 Å². The molecule has 3 rings (SSSR count). The highest BCUT2D eigenvalue weighted by atomic mass is 16.4. The van der Waals surface area contributed by atoms with Gasteiger partial charge in [-0.15, -0.1) is 0 Å². The number of aromatic amines is 1. The molecule has 0 atom stereocenters. The lowest BCUT2D eigenvalue weighted by molar-refractivity contribution is 0.0697. The third-order valence-corrected chi connectivity index (χ3v) is 2.97. The van der Waals surface area contributed by atoms with Gasteiger partial charge in [-0.3, -0.25) is 9.89 Å². The monoisotopic (exact) mass is 282 g/mol. The summed E-state index contributed by atoms with van der Waals surface area (Å²) < 4.78 is 0. The van der Waals surface area contributed by atoms with Crippen LogP contribution in [0.15, 0.2) is 42.7 Å². The number of hydrogen-bond acceptors (Lipinski definition) is 4. The van der Waals surface area contributed by atoms with Gasteiger partial charge in [-0.05, 0) is 24.3 Å². The van der Waals surface area contributed by atoms with Crippen molar-refractivity contribution in [3.8, 4) is 0 Å². The molecular formula is C14H10N4O3. The van der Waals surface area contributed by atoms with E-state index in [9.17, 15) is 9.59 Å². The van der Waals surface area contributed by atoms with Crippen molar-refractivity contribution < 1.29 is 14.7 Å². The SMILES string of the molecule is O=C(Nc1ncccc1C(=O)O)c1ccc2cn[nH]c2c1. The predicted octanol–water partition coefficient (Wildman–Crippen LogP) is 1.91. The first-order valence-electron chi connectivity index (χ1n) is 6.08. The average Bonchev–Trinajstić information content (AvgIpc) is 2.94. The molecule has 0 aliphatic carbocycles. The lowest BCUT2D eigenvalue weighted by Crippen LogP contribution is -2.16. The second-order valence-corrected chi connectivity index (χ2v) is 4.33. The molecule has 7 nitrogen and oxygen atoms in total. The van der Waals surface area contributed by atoms with Gasteiger partial charge in [0.05, 0.1) is 11.7 Å². The topological polar surface area (TPSA) is 108 Å². The summed E-state index contributed by atoms with van der Waals surface area (Å²) in [4.78, 5) is 27.1. The van der Waals surface area contributed by atoms with Crippen molar-refractivity contribution in [3.63, 3.8) is 0 Å². The number of fused-ring (bicyclic) bond motifs is 1. The van der Waals surface area contributed by atoms with E-state index in [1.165, 1.54) is 18.3 Å². The normalized spacial score (nSPS) is 10.5. The van der Waals surface area contributed by atoms with E-state index in [0.717, 1.165) is 10.9 Å². The largest absolute Gasteiger partial charge is 0.478 e. The molecule has 0 saturated heterocycles. The standard InChI is InChI=1S/C14H10N4O3/c19-13(8-3-4-9-7-16-18-11(9)6-8)17-12-10(14(20)21)2-1-5-15-12/h1-7H,(H,16,18)(H,20,21)(H,15,17,19). The lowest BCUT2D eigenvalue weighted by Gasteiger charge is -2.07. The molecule has 2 heterocycles. The van der Waals surface area contributed by atoms with Crippen LogP contribution in [0.5, 0.6) is 0 Å². The summed E-state index contributed by atoms with van der Waals surface area (Å²) >= 11 is 0. The highest BCUT2D eigenvalue weighted by Gasteiger charge is 2.14. The number of pyridine rings is 1. The molecule has 0 radical (unpaired) electrons. The zero-order chi connectivity index (χ0) is 14.8. The molecule has 7 heteroatoms. The predicted molar refractivity (Wildman–Crippen MR) is 75.2 cm³/mol. The number of benzene rings is 1. The van der Waals surface area contributed by atoms with Crippen LogP contribution in [0, 0.1) is 0 Å². The molecule has 3 N–H and O–H groups in total. The van der Waals surface area contributed by atoms with Crippen molar-refractivity contribution in [2.45, 2.75) is 0 Å². The van der Waals surface area contributed by atoms with Crippen molar-refractivity contribution in [1.29, 1.82) is 0 Å². The molecular weight excluding hydrogens is 272 g/mol. The molecule has 104 valence electrons. The summed E-state index contributed by atoms with van der Waals surface area (Å²) in [6, 6.07) is 7.90. The number of rotatable bonds is 3. The highest BCUT2D eigenvalue weighted by Crippen LogP contribution is 2.16. The molecule has 0 bridgehead atoms. The fourth-order valence-electron chi connectivity index (χ4n) is 1.94. The zero-order valence-electron chi connectivity index (χ0n) is 10.7. The Bertz CT molecular complexity index is 841. The van der Waals surface area contributed by atoms with Gasteiger partial charge in [-0.25, -0.2) is 9.78 Å². The van der Waals surface area contributed by atoms with E-state index in [0.29, 0.717) is 5.56 Å². The van der Waals surface area contributed by atoms with E-state index in [4.69, 9.17) is 5.11 Å². The number of aromatic carboxylic acids is 1. The zero-order valence-corrected chi connectivity index (χ0v) is 10.7. The number of H-pyrrole nitrogens is 1. The minimum atomic E-state index is -1.15. The van der Waals surface area contributed by atoms with Gasteiger partial charge in [0.2, 0.25) is 0 Å². The van der Waals surface area contributed by atoms with Crippen molar-refractivity contribution >= 4 is 28.6 Å². The Balaban J connectivity index is 1.91. The van der Waals surface area contributed by atoms with Gasteiger partial charge in [0.1, 0.15) is 11.4 Å². The van der Waals surface area contributed by atoms with Crippen LogP contribution in [-0.2, 0) is 0 Å². The highest BCUT2D eigenvalue weighted by molar-refractivity contribution is 6.08. The van der Waals surface area contributed by atoms with Crippen LogP contribution in [0.2, 0.25) is 0 Å². The number of carboxylic acid groups (broad SMARTS) is 1. The van der Waals surface area contributed by atoms with Crippen LogP contribution >= 0.6 is 0 Å². The molecule has 0 aliphatic rings. The van der Waals surface area contributed by atoms with Crippen molar-refractivity contribution in [1.82, 2.24) is 15.2 Å². The summed E-state index contributed by atoms with van der Waals surface area (Å²) in [5.41, 5.74) is 1.05. The number of carbonyl (C=O) groups excluding carboxylic acids is 1. The van der Waals surface area contributed by atoms with Gasteiger partial charge in [0, 0.05) is 17.1 Å². The Hall–Kier alpha value is -3.22. The second-order valence-electron chi connectivity index (χ2n) is 4.33. The summed E-state index contributed by atoms with van der Waals surface area (Å²) in [7, 11) is 0. The Morgan fingerprint density at radius 1 is 1.24 bits per heavy atom. The quantitative estimate of drug-likeness (QED) is 0.680. The maximum absolute atomic E-state index is 12.2. The molecule has 0 fully saturated rings. The van der Waals surface area contributed by atoms with Crippen LogP contribution in [0.1, 0.15) is 20.7 Å². The van der Waals surface area contributed by atoms with Gasteiger partial charge in [0.25, 0.3) is 5.91 Å². The number of carbonyl (C=O) groups is 2. The van der Waals surface area contributed by atoms with Gasteiger partial charge in [0.15, 0.2) is 0 Å². The number of aromatic nitrogens is 3. The van der Waals surface area contributed by atoms with Crippen LogP contribution in [0.25, 0.3) is 10.9 Å². The maximum atomic E-state index is 12.2. The molecule has 2 aromatic heterocycles. The fraction of sp³-hybridized carbons (Fsp3) is 0. The summed E-state index contributed by atoms with van der Waals surface area (Å²) in [6.45, 7) is 0. The summed E-state index contributed by atoms with van der Waals surface area (Å²) in [5, 5.41) is 19.1. The molecule has 0 aliphatic heterocycles. The minimum absolute atomic E-state index is 0.0136. The number of hydrogen-bond donors (Lipinski definition) is 3. The number of nitrogens with zero attached hydrogens (tertiary/aromatic N) is 2. The Morgan fingerprint density at radius 3 is 2.90 bits per heavy atom. The first-order chi connectivity index (χ1) is 10.1. The fourth-order valence-corrected chi connectivity index (χ4v) is 1.94. The van der Waals surface area contributed by atoms with Gasteiger partial charge in [-0.2, -0.15) is 5.10 Å². The molecule has 0 saturated carbocycles. The molecule has 1 aromatic carbocycles. The summed E-state index contributed by atoms with van der Waals surface area (Å²) in [5.74, 6) is -1.57. The molecule has 0 spiro atoms. The minimum Gasteiger partial charge on any atom is -0.478 e. The molecule has 3 aromatic rings. The Kier molecular flexibility index (Phi) is 3.07. The van der Waals surface area contributed by atoms with E-state index in [-0.39, 0.29) is 11.4 Å². The summed E-state index contributed by atoms with van der Waals surface area (Å²) in [6.07, 6.45) is 3.07. The lowest BCUT2D eigenvalue weighted by atomic mass is 10.1. The van der Waals surface area contributed by atoms with E-state index < -0.39 is 11.9 Å². The van der Waals surface area contributed by atoms with E-state index in [1.54, 1.807) is 24.4 Å². The van der Waals surface area contributed by atoms with Crippen LogP contribution < -0.4 is 5.32 Å². The Morgan fingerprint density at radius 2 is 2.10 bits per heavy atom. The van der Waals surface area contributed by atoms with Gasteiger partial charge < -0.3 is 10.4 Å². The van der Waals surface area contributed by atoms with Crippen molar-refractivity contribution in [2.75, 3.05) is 5.32 Å². The number of carboxylic acids is 1. The van der Waals surface area contributed by atoms with E-state index in [2.05, 4.69) is 20.5 Å². The number of nitrogens with one attached hydrogen (secondary N) is 2. The number of amides is 1. The molecule has 21 heavy (non-hydrogen) atoms. The Labute approximate surface area is 118 Å². The maximum Gasteiger partial charge on any atom is 0.339 e. The van der Waals surface area contributed by atoms with E-state index in [1.807, 2.05) is 0 Å². The average molecular weight is 282 g/mol. The molecule has 1 amide bonds. The van der Waals surface area contributed by atoms with Gasteiger partial charge in [-0.1, -0.05) is 6.07 Å². The third kappa shape index (κ3) is 2.44. The smallest absolute Gasteiger partial charge is 0.339 e. The van der Waals surface area contributed by atoms with Gasteiger partial charge >= 0.3 is 5.97 Å². The third-order valence-electron chi connectivity index (χ3n) is 2.97. The first-order valence-corrected chi connectivity index (χ1v) is 6.08. The number of anilines is 1.